The monoisotopic (exact) mass is 415 g/mol. The molecule has 0 amide bonds. The van der Waals surface area contributed by atoms with E-state index in [1.807, 2.05) is 32.1 Å². The van der Waals surface area contributed by atoms with Gasteiger partial charge in [0.25, 0.3) is 0 Å². The highest BCUT2D eigenvalue weighted by molar-refractivity contribution is 6.25. The van der Waals surface area contributed by atoms with Gasteiger partial charge in [-0.1, -0.05) is 13.0 Å². The molecule has 1 aliphatic heterocycles. The van der Waals surface area contributed by atoms with E-state index in [0.717, 1.165) is 67.1 Å². The molecule has 5 heteroatoms. The first-order valence-electron chi connectivity index (χ1n) is 11.2. The Morgan fingerprint density at radius 2 is 1.84 bits per heavy atom. The fraction of sp³-hybridized carbons (Fsp3) is 0.385. The number of hydrogen-bond donors (Lipinski definition) is 0. The molecule has 1 aromatic carbocycles. The number of allylic oxidation sites excluding steroid dienone is 1. The van der Waals surface area contributed by atoms with E-state index in [2.05, 4.69) is 39.9 Å². The summed E-state index contributed by atoms with van der Waals surface area (Å²) in [7, 11) is 0. The molecule has 0 bridgehead atoms. The smallest absolute Gasteiger partial charge is 0.166 e. The molecule has 3 aromatic rings. The molecule has 31 heavy (non-hydrogen) atoms. The first-order valence-corrected chi connectivity index (χ1v) is 11.2. The number of benzene rings is 1. The maximum atomic E-state index is 13.0. The first kappa shape index (κ1) is 20.0. The first-order chi connectivity index (χ1) is 15.0. The van der Waals surface area contributed by atoms with Gasteiger partial charge in [-0.25, -0.2) is 0 Å². The zero-order valence-electron chi connectivity index (χ0n) is 18.6. The van der Waals surface area contributed by atoms with Crippen molar-refractivity contribution < 1.29 is 9.21 Å². The van der Waals surface area contributed by atoms with Crippen LogP contribution in [0.15, 0.2) is 34.7 Å². The SMILES string of the molecule is CCN1CCN(c2ccc3c(c2)CCC(=O)C(c2cc4cc(C)nc(C)c4o2)=C3)CC1. The second kappa shape index (κ2) is 7.97. The molecule has 0 saturated carbocycles. The van der Waals surface area contributed by atoms with Gasteiger partial charge >= 0.3 is 0 Å². The predicted molar refractivity (Wildman–Crippen MR) is 125 cm³/mol. The van der Waals surface area contributed by atoms with Crippen LogP contribution >= 0.6 is 0 Å². The molecule has 5 nitrogen and oxygen atoms in total. The van der Waals surface area contributed by atoms with Crippen molar-refractivity contribution >= 4 is 34.1 Å². The van der Waals surface area contributed by atoms with Crippen LogP contribution in [0, 0.1) is 13.8 Å². The topological polar surface area (TPSA) is 49.6 Å². The molecule has 0 N–H and O–H groups in total. The van der Waals surface area contributed by atoms with Crippen molar-refractivity contribution in [1.82, 2.24) is 9.88 Å². The van der Waals surface area contributed by atoms with Crippen LogP contribution in [0.25, 0.3) is 22.6 Å². The maximum Gasteiger partial charge on any atom is 0.166 e. The standard InChI is InChI=1S/C26H29N3O2/c1-4-28-9-11-29(12-10-28)22-7-5-20-15-23(24(30)8-6-19(20)14-22)25-16-21-13-17(2)27-18(3)26(21)31-25/h5,7,13-16H,4,6,8-12H2,1-3H3. The summed E-state index contributed by atoms with van der Waals surface area (Å²) in [4.78, 5) is 22.4. The van der Waals surface area contributed by atoms with Crippen molar-refractivity contribution in [3.8, 4) is 0 Å². The number of anilines is 1. The molecule has 1 aliphatic carbocycles. The number of aromatic nitrogens is 1. The van der Waals surface area contributed by atoms with Gasteiger partial charge in [-0.05, 0) is 68.3 Å². The minimum absolute atomic E-state index is 0.135. The van der Waals surface area contributed by atoms with Gasteiger partial charge in [-0.3, -0.25) is 9.78 Å². The van der Waals surface area contributed by atoms with E-state index in [1.54, 1.807) is 0 Å². The average Bonchev–Trinajstić information content (AvgIpc) is 3.12. The molecule has 1 saturated heterocycles. The summed E-state index contributed by atoms with van der Waals surface area (Å²) < 4.78 is 6.11. The number of rotatable bonds is 3. The lowest BCUT2D eigenvalue weighted by Crippen LogP contribution is -2.46. The third-order valence-electron chi connectivity index (χ3n) is 6.60. The summed E-state index contributed by atoms with van der Waals surface area (Å²) in [6.45, 7) is 11.6. The van der Waals surface area contributed by atoms with Crippen molar-refractivity contribution in [1.29, 1.82) is 0 Å². The van der Waals surface area contributed by atoms with Gasteiger partial charge in [0.15, 0.2) is 11.4 Å². The number of hydrogen-bond acceptors (Lipinski definition) is 5. The summed E-state index contributed by atoms with van der Waals surface area (Å²) in [6, 6.07) is 10.6. The van der Waals surface area contributed by atoms with E-state index in [9.17, 15) is 4.79 Å². The number of ketones is 1. The highest BCUT2D eigenvalue weighted by Gasteiger charge is 2.23. The van der Waals surface area contributed by atoms with Crippen molar-refractivity contribution in [3.05, 3.63) is 58.6 Å². The van der Waals surface area contributed by atoms with E-state index in [4.69, 9.17) is 4.42 Å². The molecule has 0 unspecified atom stereocenters. The Bertz CT molecular complexity index is 1180. The number of Topliss-reactive ketones (excluding diaryl/α,β-unsaturated/α-hetero) is 1. The number of furan rings is 1. The van der Waals surface area contributed by atoms with E-state index in [1.165, 1.54) is 11.3 Å². The Hall–Kier alpha value is -2.92. The van der Waals surface area contributed by atoms with Crippen LogP contribution in [0.3, 0.4) is 0 Å². The van der Waals surface area contributed by atoms with Gasteiger partial charge in [0, 0.05) is 49.4 Å². The van der Waals surface area contributed by atoms with E-state index in [0.29, 0.717) is 17.8 Å². The van der Waals surface area contributed by atoms with Gasteiger partial charge in [0.2, 0.25) is 0 Å². The number of carbonyl (C=O) groups excluding carboxylic acids is 1. The van der Waals surface area contributed by atoms with Crippen LogP contribution in [0.1, 0.15) is 41.6 Å². The fourth-order valence-electron chi connectivity index (χ4n) is 4.80. The minimum atomic E-state index is 0.135. The molecule has 1 fully saturated rings. The van der Waals surface area contributed by atoms with Gasteiger partial charge in [0.05, 0.1) is 11.3 Å². The van der Waals surface area contributed by atoms with Crippen molar-refractivity contribution in [2.75, 3.05) is 37.6 Å². The Balaban J connectivity index is 1.48. The number of aryl methyl sites for hydroxylation is 3. The molecule has 160 valence electrons. The average molecular weight is 416 g/mol. The van der Waals surface area contributed by atoms with E-state index >= 15 is 0 Å². The van der Waals surface area contributed by atoms with Gasteiger partial charge in [-0.15, -0.1) is 0 Å². The second-order valence-electron chi connectivity index (χ2n) is 8.66. The van der Waals surface area contributed by atoms with E-state index in [-0.39, 0.29) is 5.78 Å². The molecule has 0 atom stereocenters. The highest BCUT2D eigenvalue weighted by atomic mass is 16.3. The molecule has 2 aliphatic rings. The highest BCUT2D eigenvalue weighted by Crippen LogP contribution is 2.33. The lowest BCUT2D eigenvalue weighted by Gasteiger charge is -2.35. The Morgan fingerprint density at radius 3 is 2.61 bits per heavy atom. The van der Waals surface area contributed by atoms with E-state index < -0.39 is 0 Å². The minimum Gasteiger partial charge on any atom is -0.454 e. The zero-order chi connectivity index (χ0) is 21.5. The Labute approximate surface area is 183 Å². The van der Waals surface area contributed by atoms with Crippen molar-refractivity contribution in [2.45, 2.75) is 33.6 Å². The molecular formula is C26H29N3O2. The van der Waals surface area contributed by atoms with Crippen LogP contribution in [-0.2, 0) is 11.2 Å². The van der Waals surface area contributed by atoms with Crippen molar-refractivity contribution in [3.63, 3.8) is 0 Å². The third-order valence-corrected chi connectivity index (χ3v) is 6.60. The number of pyridine rings is 1. The number of fused-ring (bicyclic) bond motifs is 2. The summed E-state index contributed by atoms with van der Waals surface area (Å²) in [5.41, 5.74) is 6.86. The summed E-state index contributed by atoms with van der Waals surface area (Å²) in [5.74, 6) is 0.777. The van der Waals surface area contributed by atoms with Gasteiger partial charge in [0.1, 0.15) is 5.76 Å². The van der Waals surface area contributed by atoms with Gasteiger partial charge in [-0.2, -0.15) is 0 Å². The van der Waals surface area contributed by atoms with Crippen LogP contribution in [0.4, 0.5) is 5.69 Å². The number of piperazine rings is 1. The van der Waals surface area contributed by atoms with Gasteiger partial charge < -0.3 is 14.2 Å². The summed E-state index contributed by atoms with van der Waals surface area (Å²) in [5, 5.41) is 1.000. The van der Waals surface area contributed by atoms with Crippen molar-refractivity contribution in [2.24, 2.45) is 0 Å². The molecule has 2 aromatic heterocycles. The molecule has 0 spiro atoms. The lowest BCUT2D eigenvalue weighted by molar-refractivity contribution is -0.113. The summed E-state index contributed by atoms with van der Waals surface area (Å²) in [6.07, 6.45) is 3.27. The fourth-order valence-corrected chi connectivity index (χ4v) is 4.80. The second-order valence-corrected chi connectivity index (χ2v) is 8.66. The zero-order valence-corrected chi connectivity index (χ0v) is 18.6. The largest absolute Gasteiger partial charge is 0.454 e. The lowest BCUT2D eigenvalue weighted by atomic mass is 10.0. The Morgan fingerprint density at radius 1 is 1.03 bits per heavy atom. The predicted octanol–water partition coefficient (Wildman–Crippen LogP) is 4.64. The molecule has 3 heterocycles. The van der Waals surface area contributed by atoms with Crippen LogP contribution < -0.4 is 4.90 Å². The normalized spacial score (nSPS) is 17.6. The summed E-state index contributed by atoms with van der Waals surface area (Å²) >= 11 is 0. The Kier molecular flexibility index (Phi) is 5.14. The molecule has 0 radical (unpaired) electrons. The maximum absolute atomic E-state index is 13.0. The number of carbonyl (C=O) groups is 1. The molecule has 5 rings (SSSR count). The number of nitrogens with zero attached hydrogens (tertiary/aromatic N) is 3. The third kappa shape index (κ3) is 3.79. The van der Waals surface area contributed by atoms with Crippen LogP contribution in [-0.4, -0.2) is 48.4 Å². The van der Waals surface area contributed by atoms with Crippen LogP contribution in [0.2, 0.25) is 0 Å². The number of likely N-dealkylation sites (N-methyl/N-ethyl adjacent to an activating group) is 1. The quantitative estimate of drug-likeness (QED) is 0.624. The molecular weight excluding hydrogens is 386 g/mol. The van der Waals surface area contributed by atoms with Crippen LogP contribution in [0.5, 0.6) is 0 Å².